The summed E-state index contributed by atoms with van der Waals surface area (Å²) in [5.74, 6) is -3.34. The molecule has 0 N–H and O–H groups in total. The Kier molecular flexibility index (Phi) is 7.22. The molecule has 0 saturated heterocycles. The highest BCUT2D eigenvalue weighted by molar-refractivity contribution is 7.54. The fourth-order valence-electron chi connectivity index (χ4n) is 2.13. The summed E-state index contributed by atoms with van der Waals surface area (Å²) >= 11 is 5.84. The van der Waals surface area contributed by atoms with E-state index in [4.69, 9.17) is 20.6 Å². The normalized spacial score (nSPS) is 12.8. The van der Waals surface area contributed by atoms with Crippen molar-refractivity contribution in [1.29, 1.82) is 0 Å². The van der Waals surface area contributed by atoms with Crippen molar-refractivity contribution in [2.24, 2.45) is 5.92 Å². The van der Waals surface area contributed by atoms with Gasteiger partial charge in [0.1, 0.15) is 5.66 Å². The van der Waals surface area contributed by atoms with Gasteiger partial charge in [-0.1, -0.05) is 23.7 Å². The van der Waals surface area contributed by atoms with Gasteiger partial charge in [0, 0.05) is 19.2 Å². The molecular formula is C14H18ClO7P. The molecule has 128 valence electrons. The maximum atomic E-state index is 12.9. The van der Waals surface area contributed by atoms with Crippen LogP contribution in [0.5, 0.6) is 0 Å². The maximum Gasteiger partial charge on any atom is 0.339 e. The molecule has 7 nitrogen and oxygen atoms in total. The molecule has 0 aliphatic carbocycles. The molecule has 0 bridgehead atoms. The van der Waals surface area contributed by atoms with Crippen LogP contribution in [0.25, 0.3) is 0 Å². The van der Waals surface area contributed by atoms with Crippen LogP contribution in [-0.4, -0.2) is 40.4 Å². The van der Waals surface area contributed by atoms with Crippen molar-refractivity contribution < 1.29 is 32.7 Å². The third-order valence-electron chi connectivity index (χ3n) is 3.29. The Balaban J connectivity index is 3.53. The number of ether oxygens (including phenoxy) is 2. The Morgan fingerprint density at radius 3 is 1.74 bits per heavy atom. The van der Waals surface area contributed by atoms with Crippen molar-refractivity contribution in [3.8, 4) is 0 Å². The average molecular weight is 365 g/mol. The van der Waals surface area contributed by atoms with Gasteiger partial charge in [-0.3, -0.25) is 14.2 Å². The molecule has 0 saturated carbocycles. The fraction of sp³-hybridized carbons (Fsp3) is 0.429. The van der Waals surface area contributed by atoms with E-state index in [1.54, 1.807) is 0 Å². The number of hydrogen-bond acceptors (Lipinski definition) is 7. The lowest BCUT2D eigenvalue weighted by Gasteiger charge is -2.28. The van der Waals surface area contributed by atoms with Gasteiger partial charge in [0.2, 0.25) is 0 Å². The lowest BCUT2D eigenvalue weighted by Crippen LogP contribution is -2.32. The van der Waals surface area contributed by atoms with Gasteiger partial charge in [0.15, 0.2) is 5.92 Å². The third kappa shape index (κ3) is 4.32. The van der Waals surface area contributed by atoms with Crippen LogP contribution in [0.2, 0.25) is 5.02 Å². The minimum Gasteiger partial charge on any atom is -0.468 e. The zero-order valence-electron chi connectivity index (χ0n) is 13.1. The predicted molar refractivity (Wildman–Crippen MR) is 83.3 cm³/mol. The third-order valence-corrected chi connectivity index (χ3v) is 5.83. The van der Waals surface area contributed by atoms with E-state index in [-0.39, 0.29) is 0 Å². The monoisotopic (exact) mass is 364 g/mol. The van der Waals surface area contributed by atoms with Gasteiger partial charge in [0.05, 0.1) is 14.2 Å². The van der Waals surface area contributed by atoms with Crippen molar-refractivity contribution >= 4 is 31.1 Å². The molecule has 0 aliphatic rings. The molecule has 1 aromatic rings. The number of carbonyl (C=O) groups is 2. The SMILES string of the molecule is COC(=O)C(C(=O)OC)C(c1ccc(Cl)cc1)P(=O)(OC)OC. The van der Waals surface area contributed by atoms with E-state index in [2.05, 4.69) is 9.47 Å². The first kappa shape index (κ1) is 19.6. The van der Waals surface area contributed by atoms with Crippen LogP contribution in [0.4, 0.5) is 0 Å². The maximum absolute atomic E-state index is 12.9. The molecule has 1 atom stereocenters. The second-order valence-corrected chi connectivity index (χ2v) is 7.23. The van der Waals surface area contributed by atoms with Crippen molar-refractivity contribution in [3.63, 3.8) is 0 Å². The van der Waals surface area contributed by atoms with Crippen molar-refractivity contribution in [2.75, 3.05) is 28.4 Å². The van der Waals surface area contributed by atoms with Crippen LogP contribution in [0, 0.1) is 5.92 Å². The summed E-state index contributed by atoms with van der Waals surface area (Å²) in [6.07, 6.45) is 0. The zero-order valence-corrected chi connectivity index (χ0v) is 14.8. The molecule has 0 aliphatic heterocycles. The lowest BCUT2D eigenvalue weighted by molar-refractivity contribution is -0.159. The topological polar surface area (TPSA) is 88.1 Å². The minimum absolute atomic E-state index is 0.363. The van der Waals surface area contributed by atoms with Crippen molar-refractivity contribution in [3.05, 3.63) is 34.9 Å². The van der Waals surface area contributed by atoms with Gasteiger partial charge in [-0.15, -0.1) is 0 Å². The van der Waals surface area contributed by atoms with Crippen molar-refractivity contribution in [2.45, 2.75) is 5.66 Å². The predicted octanol–water partition coefficient (Wildman–Crippen LogP) is 2.83. The second kappa shape index (κ2) is 8.45. The summed E-state index contributed by atoms with van der Waals surface area (Å²) in [6.45, 7) is 0. The Hall–Kier alpha value is -1.40. The van der Waals surface area contributed by atoms with Gasteiger partial charge in [-0.2, -0.15) is 0 Å². The molecule has 0 spiro atoms. The van der Waals surface area contributed by atoms with Crippen LogP contribution in [0.3, 0.4) is 0 Å². The van der Waals surface area contributed by atoms with Gasteiger partial charge in [0.25, 0.3) is 0 Å². The van der Waals surface area contributed by atoms with Crippen molar-refractivity contribution in [1.82, 2.24) is 0 Å². The molecule has 0 fully saturated rings. The highest BCUT2D eigenvalue weighted by atomic mass is 35.5. The Labute approximate surface area is 139 Å². The summed E-state index contributed by atoms with van der Waals surface area (Å²) in [7, 11) is 0.693. The first-order chi connectivity index (χ1) is 10.8. The number of halogens is 1. The molecule has 0 heterocycles. The van der Waals surface area contributed by atoms with Crippen LogP contribution >= 0.6 is 19.2 Å². The largest absolute Gasteiger partial charge is 0.468 e. The first-order valence-electron chi connectivity index (χ1n) is 6.47. The van der Waals surface area contributed by atoms with Gasteiger partial charge >= 0.3 is 19.5 Å². The average Bonchev–Trinajstić information content (AvgIpc) is 2.58. The summed E-state index contributed by atoms with van der Waals surface area (Å²) in [5, 5.41) is 0.435. The van der Waals surface area contributed by atoms with E-state index in [0.717, 1.165) is 14.2 Å². The summed E-state index contributed by atoms with van der Waals surface area (Å²) in [5.41, 5.74) is -0.878. The van der Waals surface area contributed by atoms with E-state index in [0.29, 0.717) is 10.6 Å². The highest BCUT2D eigenvalue weighted by Crippen LogP contribution is 2.63. The Morgan fingerprint density at radius 2 is 1.39 bits per heavy atom. The minimum atomic E-state index is -3.86. The number of hydrogen-bond donors (Lipinski definition) is 0. The van der Waals surface area contributed by atoms with E-state index < -0.39 is 31.1 Å². The Morgan fingerprint density at radius 1 is 0.957 bits per heavy atom. The lowest BCUT2D eigenvalue weighted by atomic mass is 9.98. The first-order valence-corrected chi connectivity index (χ1v) is 8.45. The molecule has 0 radical (unpaired) electrons. The number of benzene rings is 1. The summed E-state index contributed by atoms with van der Waals surface area (Å²) < 4.78 is 32.2. The van der Waals surface area contributed by atoms with Gasteiger partial charge in [-0.25, -0.2) is 0 Å². The quantitative estimate of drug-likeness (QED) is 0.417. The number of rotatable bonds is 7. The van der Waals surface area contributed by atoms with E-state index in [1.165, 1.54) is 38.5 Å². The standard InChI is InChI=1S/C14H18ClO7P/c1-19-13(16)11(14(17)20-2)12(23(18,21-3)22-4)9-5-7-10(15)8-6-9/h5-8,11-12H,1-4H3. The second-order valence-electron chi connectivity index (χ2n) is 4.43. The van der Waals surface area contributed by atoms with Crippen LogP contribution in [-0.2, 0) is 32.7 Å². The molecule has 9 heteroatoms. The Bertz CT molecular complexity index is 578. The zero-order chi connectivity index (χ0) is 17.6. The van der Waals surface area contributed by atoms with Gasteiger partial charge < -0.3 is 18.5 Å². The van der Waals surface area contributed by atoms with Crippen LogP contribution in [0.15, 0.2) is 24.3 Å². The number of carbonyl (C=O) groups excluding carboxylic acids is 2. The van der Waals surface area contributed by atoms with Crippen LogP contribution in [0.1, 0.15) is 11.2 Å². The molecular weight excluding hydrogens is 347 g/mol. The fourth-order valence-corrected chi connectivity index (χ4v) is 4.00. The smallest absolute Gasteiger partial charge is 0.339 e. The van der Waals surface area contributed by atoms with E-state index in [9.17, 15) is 14.2 Å². The molecule has 23 heavy (non-hydrogen) atoms. The summed E-state index contributed by atoms with van der Waals surface area (Å²) in [6, 6.07) is 6.11. The molecule has 0 aromatic heterocycles. The van der Waals surface area contributed by atoms with E-state index in [1.807, 2.05) is 0 Å². The molecule has 1 rings (SSSR count). The van der Waals surface area contributed by atoms with Gasteiger partial charge in [-0.05, 0) is 17.7 Å². The highest BCUT2D eigenvalue weighted by Gasteiger charge is 2.49. The molecule has 1 aromatic carbocycles. The summed E-state index contributed by atoms with van der Waals surface area (Å²) in [4.78, 5) is 24.2. The number of esters is 2. The van der Waals surface area contributed by atoms with Crippen LogP contribution < -0.4 is 0 Å². The molecule has 1 unspecified atom stereocenters. The van der Waals surface area contributed by atoms with E-state index >= 15 is 0 Å². The molecule has 0 amide bonds. The number of methoxy groups -OCH3 is 2.